The molecule has 0 heterocycles. The highest BCUT2D eigenvalue weighted by molar-refractivity contribution is 5.80. The first kappa shape index (κ1) is 17.7. The Hall–Kier alpha value is -1.32. The van der Waals surface area contributed by atoms with Crippen LogP contribution >= 0.6 is 0 Å². The fourth-order valence-corrected chi connectivity index (χ4v) is 2.46. The molecule has 0 aromatic heterocycles. The molecule has 0 spiro atoms. The molecule has 1 saturated carbocycles. The molecule has 4 nitrogen and oxygen atoms in total. The molecule has 4 heteroatoms. The Balaban J connectivity index is 2.39. The minimum absolute atomic E-state index is 0.0422. The number of unbranched alkanes of at least 4 members (excludes halogenated alkanes) is 1. The van der Waals surface area contributed by atoms with Gasteiger partial charge in [-0.1, -0.05) is 26.8 Å². The molecule has 3 atom stereocenters. The van der Waals surface area contributed by atoms with Crippen molar-refractivity contribution in [2.45, 2.75) is 59.0 Å². The van der Waals surface area contributed by atoms with Gasteiger partial charge in [0.2, 0.25) is 0 Å². The molecule has 1 aliphatic rings. The third-order valence-corrected chi connectivity index (χ3v) is 4.03. The summed E-state index contributed by atoms with van der Waals surface area (Å²) in [6.45, 7) is 9.48. The van der Waals surface area contributed by atoms with E-state index in [1.165, 1.54) is 7.11 Å². The maximum absolute atomic E-state index is 12.0. The summed E-state index contributed by atoms with van der Waals surface area (Å²) in [4.78, 5) is 23.8. The van der Waals surface area contributed by atoms with E-state index in [-0.39, 0.29) is 29.9 Å². The Morgan fingerprint density at radius 1 is 1.38 bits per heavy atom. The second kappa shape index (κ2) is 7.62. The third kappa shape index (κ3) is 5.90. The van der Waals surface area contributed by atoms with E-state index >= 15 is 0 Å². The Morgan fingerprint density at radius 2 is 2.05 bits per heavy atom. The van der Waals surface area contributed by atoms with Gasteiger partial charge >= 0.3 is 11.9 Å². The van der Waals surface area contributed by atoms with E-state index < -0.39 is 5.92 Å². The van der Waals surface area contributed by atoms with Crippen molar-refractivity contribution in [3.05, 3.63) is 12.7 Å². The highest BCUT2D eigenvalue weighted by Gasteiger charge is 2.41. The van der Waals surface area contributed by atoms with E-state index in [0.717, 1.165) is 25.7 Å². The molecule has 0 radical (unpaired) electrons. The van der Waals surface area contributed by atoms with Gasteiger partial charge in [-0.3, -0.25) is 9.59 Å². The Labute approximate surface area is 127 Å². The molecule has 1 aliphatic carbocycles. The Kier molecular flexibility index (Phi) is 6.43. The number of allylic oxidation sites excluding steroid dienone is 1. The number of carbonyl (C=O) groups excluding carboxylic acids is 2. The van der Waals surface area contributed by atoms with E-state index in [9.17, 15) is 9.59 Å². The quantitative estimate of drug-likeness (QED) is 0.391. The Bertz CT molecular complexity index is 381. The Morgan fingerprint density at radius 3 is 2.57 bits per heavy atom. The summed E-state index contributed by atoms with van der Waals surface area (Å²) in [6.07, 6.45) is 6.16. The van der Waals surface area contributed by atoms with Crippen molar-refractivity contribution in [2.24, 2.45) is 17.3 Å². The molecule has 120 valence electrons. The van der Waals surface area contributed by atoms with Crippen molar-refractivity contribution in [3.63, 3.8) is 0 Å². The van der Waals surface area contributed by atoms with Crippen LogP contribution in [-0.2, 0) is 19.1 Å². The molecule has 0 bridgehead atoms. The van der Waals surface area contributed by atoms with Gasteiger partial charge in [0, 0.05) is 0 Å². The van der Waals surface area contributed by atoms with E-state index in [4.69, 9.17) is 9.47 Å². The maximum atomic E-state index is 12.0. The van der Waals surface area contributed by atoms with Gasteiger partial charge in [0.15, 0.2) is 0 Å². The van der Waals surface area contributed by atoms with Gasteiger partial charge in [-0.2, -0.15) is 0 Å². The molecule has 21 heavy (non-hydrogen) atoms. The predicted octanol–water partition coefficient (Wildman–Crippen LogP) is 3.50. The van der Waals surface area contributed by atoms with E-state index in [1.54, 1.807) is 0 Å². The molecular formula is C17H28O4. The average molecular weight is 296 g/mol. The lowest BCUT2D eigenvalue weighted by Gasteiger charge is -2.27. The molecule has 0 amide bonds. The second-order valence-corrected chi connectivity index (χ2v) is 6.89. The van der Waals surface area contributed by atoms with Crippen molar-refractivity contribution >= 4 is 11.9 Å². The largest absolute Gasteiger partial charge is 0.469 e. The van der Waals surface area contributed by atoms with Gasteiger partial charge in [-0.15, -0.1) is 6.58 Å². The lowest BCUT2D eigenvalue weighted by molar-refractivity contribution is -0.158. The third-order valence-electron chi connectivity index (χ3n) is 4.03. The summed E-state index contributed by atoms with van der Waals surface area (Å²) in [5.41, 5.74) is -0.320. The van der Waals surface area contributed by atoms with Crippen molar-refractivity contribution in [3.8, 4) is 0 Å². The zero-order chi connectivity index (χ0) is 16.0. The van der Waals surface area contributed by atoms with E-state index in [2.05, 4.69) is 6.58 Å². The van der Waals surface area contributed by atoms with E-state index in [1.807, 2.05) is 26.8 Å². The fourth-order valence-electron chi connectivity index (χ4n) is 2.46. The first-order valence-electron chi connectivity index (χ1n) is 7.67. The van der Waals surface area contributed by atoms with E-state index in [0.29, 0.717) is 5.92 Å². The van der Waals surface area contributed by atoms with Crippen LogP contribution in [0.1, 0.15) is 52.9 Å². The molecule has 1 fully saturated rings. The summed E-state index contributed by atoms with van der Waals surface area (Å²) in [6, 6.07) is 0. The summed E-state index contributed by atoms with van der Waals surface area (Å²) in [7, 11) is 1.35. The van der Waals surface area contributed by atoms with Gasteiger partial charge in [0.25, 0.3) is 0 Å². The topological polar surface area (TPSA) is 52.6 Å². The second-order valence-electron chi connectivity index (χ2n) is 6.89. The molecular weight excluding hydrogens is 268 g/mol. The molecule has 0 aromatic rings. The van der Waals surface area contributed by atoms with Gasteiger partial charge in [0.05, 0.1) is 19.4 Å². The molecule has 0 saturated heterocycles. The minimum atomic E-state index is -0.465. The van der Waals surface area contributed by atoms with Crippen molar-refractivity contribution in [2.75, 3.05) is 7.11 Å². The van der Waals surface area contributed by atoms with Crippen LogP contribution in [0.4, 0.5) is 0 Å². The predicted molar refractivity (Wildman–Crippen MR) is 81.6 cm³/mol. The fraction of sp³-hybridized carbons (Fsp3) is 0.765. The van der Waals surface area contributed by atoms with Gasteiger partial charge in [0.1, 0.15) is 6.10 Å². The standard InChI is InChI=1S/C17H28O4/c1-6-7-8-9-12-10-14(12)21-15(18)11-13(16(19)20-5)17(2,3)4/h6,12-14H,1,7-11H2,2-5H3/t12-,13-,14-/m1/s1. The number of ether oxygens (including phenoxy) is 2. The monoisotopic (exact) mass is 296 g/mol. The zero-order valence-corrected chi connectivity index (χ0v) is 13.7. The first-order valence-corrected chi connectivity index (χ1v) is 7.67. The molecule has 0 unspecified atom stereocenters. The summed E-state index contributed by atoms with van der Waals surface area (Å²) < 4.78 is 10.2. The number of hydrogen-bond acceptors (Lipinski definition) is 4. The van der Waals surface area contributed by atoms with Crippen molar-refractivity contribution in [1.29, 1.82) is 0 Å². The van der Waals surface area contributed by atoms with Crippen LogP contribution in [0.2, 0.25) is 0 Å². The van der Waals surface area contributed by atoms with Crippen LogP contribution in [-0.4, -0.2) is 25.2 Å². The van der Waals surface area contributed by atoms with Crippen molar-refractivity contribution in [1.82, 2.24) is 0 Å². The molecule has 0 aromatic carbocycles. The maximum Gasteiger partial charge on any atom is 0.309 e. The van der Waals surface area contributed by atoms with Crippen LogP contribution < -0.4 is 0 Å². The van der Waals surface area contributed by atoms with Crippen LogP contribution in [0.5, 0.6) is 0 Å². The van der Waals surface area contributed by atoms with Crippen LogP contribution in [0.3, 0.4) is 0 Å². The van der Waals surface area contributed by atoms with Crippen molar-refractivity contribution < 1.29 is 19.1 Å². The molecule has 1 rings (SSSR count). The smallest absolute Gasteiger partial charge is 0.309 e. The SMILES string of the molecule is C=CCCC[C@@H]1C[C@H]1OC(=O)C[C@H](C(=O)OC)C(C)(C)C. The lowest BCUT2D eigenvalue weighted by Crippen LogP contribution is -2.32. The minimum Gasteiger partial charge on any atom is -0.469 e. The number of hydrogen-bond donors (Lipinski definition) is 0. The highest BCUT2D eigenvalue weighted by atomic mass is 16.6. The summed E-state index contributed by atoms with van der Waals surface area (Å²) >= 11 is 0. The highest BCUT2D eigenvalue weighted by Crippen LogP contribution is 2.39. The van der Waals surface area contributed by atoms with Crippen LogP contribution in [0.25, 0.3) is 0 Å². The lowest BCUT2D eigenvalue weighted by atomic mass is 9.79. The van der Waals surface area contributed by atoms with Gasteiger partial charge < -0.3 is 9.47 Å². The zero-order valence-electron chi connectivity index (χ0n) is 13.7. The number of methoxy groups -OCH3 is 1. The van der Waals surface area contributed by atoms with Crippen LogP contribution in [0, 0.1) is 17.3 Å². The van der Waals surface area contributed by atoms with Gasteiger partial charge in [-0.05, 0) is 37.0 Å². The summed E-state index contributed by atoms with van der Waals surface area (Å²) in [5, 5.41) is 0. The number of rotatable bonds is 8. The average Bonchev–Trinajstić information content (AvgIpc) is 3.12. The molecule has 0 aliphatic heterocycles. The number of esters is 2. The number of carbonyl (C=O) groups is 2. The van der Waals surface area contributed by atoms with Crippen LogP contribution in [0.15, 0.2) is 12.7 Å². The normalized spacial score (nSPS) is 22.3. The van der Waals surface area contributed by atoms with Gasteiger partial charge in [-0.25, -0.2) is 0 Å². The molecule has 0 N–H and O–H groups in total. The summed E-state index contributed by atoms with van der Waals surface area (Å²) in [5.74, 6) is -0.623. The first-order chi connectivity index (χ1) is 9.79.